The van der Waals surface area contributed by atoms with Gasteiger partial charge in [0.2, 0.25) is 0 Å². The Morgan fingerprint density at radius 3 is 1.82 bits per heavy atom. The number of rotatable bonds is 0. The highest BCUT2D eigenvalue weighted by atomic mass is 14.3. The van der Waals surface area contributed by atoms with Gasteiger partial charge in [-0.1, -0.05) is 60.7 Å². The molecule has 0 heterocycles. The van der Waals surface area contributed by atoms with Crippen LogP contribution in [-0.4, -0.2) is 0 Å². The lowest BCUT2D eigenvalue weighted by Gasteiger charge is -2.30. The van der Waals surface area contributed by atoms with E-state index in [1.54, 1.807) is 0 Å². The van der Waals surface area contributed by atoms with Gasteiger partial charge in [-0.05, 0) is 28.7 Å². The van der Waals surface area contributed by atoms with E-state index in [0.717, 1.165) is 6.42 Å². The summed E-state index contributed by atoms with van der Waals surface area (Å²) in [4.78, 5) is 0. The third-order valence-corrected chi connectivity index (χ3v) is 4.11. The van der Waals surface area contributed by atoms with Crippen LogP contribution in [0, 0.1) is 0 Å². The first kappa shape index (κ1) is 9.23. The maximum Gasteiger partial charge on any atom is 0.0275 e. The predicted octanol–water partition coefficient (Wildman–Crippen LogP) is 4.22. The molecule has 3 aliphatic rings. The largest absolute Gasteiger partial charge is 0.0867 e. The SMILES string of the molecule is C1=CC2c3ccccc3C(C1)c1ccccc12. The molecule has 0 unspecified atom stereocenters. The number of allylic oxidation sites excluding steroid dienone is 2. The van der Waals surface area contributed by atoms with E-state index in [-0.39, 0.29) is 0 Å². The fourth-order valence-electron chi connectivity index (χ4n) is 3.37. The van der Waals surface area contributed by atoms with Crippen LogP contribution in [0.5, 0.6) is 0 Å². The molecule has 0 atom stereocenters. The van der Waals surface area contributed by atoms with Crippen LogP contribution in [-0.2, 0) is 0 Å². The van der Waals surface area contributed by atoms with Gasteiger partial charge in [-0.15, -0.1) is 0 Å². The van der Waals surface area contributed by atoms with Gasteiger partial charge in [0.25, 0.3) is 0 Å². The smallest absolute Gasteiger partial charge is 0.0275 e. The molecule has 0 nitrogen and oxygen atoms in total. The molecule has 0 radical (unpaired) electrons. The summed E-state index contributed by atoms with van der Waals surface area (Å²) in [6.07, 6.45) is 5.88. The normalized spacial score (nSPS) is 24.0. The molecule has 2 aromatic rings. The first-order valence-electron chi connectivity index (χ1n) is 6.29. The van der Waals surface area contributed by atoms with Crippen molar-refractivity contribution in [3.05, 3.63) is 82.9 Å². The first-order valence-corrected chi connectivity index (χ1v) is 6.29. The minimum atomic E-state index is 0.473. The van der Waals surface area contributed by atoms with Gasteiger partial charge >= 0.3 is 0 Å². The van der Waals surface area contributed by atoms with E-state index in [9.17, 15) is 0 Å². The first-order chi connectivity index (χ1) is 8.45. The van der Waals surface area contributed by atoms with Crippen molar-refractivity contribution in [2.45, 2.75) is 18.3 Å². The van der Waals surface area contributed by atoms with Crippen molar-refractivity contribution in [3.63, 3.8) is 0 Å². The van der Waals surface area contributed by atoms with E-state index in [1.165, 1.54) is 22.3 Å². The predicted molar refractivity (Wildman–Crippen MR) is 70.3 cm³/mol. The van der Waals surface area contributed by atoms with Crippen molar-refractivity contribution in [1.82, 2.24) is 0 Å². The van der Waals surface area contributed by atoms with Gasteiger partial charge in [-0.2, -0.15) is 0 Å². The minimum absolute atomic E-state index is 0.473. The molecule has 0 aromatic heterocycles. The van der Waals surface area contributed by atoms with Crippen LogP contribution in [0.4, 0.5) is 0 Å². The Labute approximate surface area is 102 Å². The molecule has 0 saturated carbocycles. The second-order valence-electron chi connectivity index (χ2n) is 4.95. The van der Waals surface area contributed by atoms with Crippen molar-refractivity contribution in [3.8, 4) is 0 Å². The van der Waals surface area contributed by atoms with Gasteiger partial charge in [-0.25, -0.2) is 0 Å². The molecule has 0 N–H and O–H groups in total. The number of hydrogen-bond acceptors (Lipinski definition) is 0. The monoisotopic (exact) mass is 218 g/mol. The number of hydrogen-bond donors (Lipinski definition) is 0. The highest BCUT2D eigenvalue weighted by molar-refractivity contribution is 5.56. The Balaban J connectivity index is 2.07. The van der Waals surface area contributed by atoms with Crippen molar-refractivity contribution in [2.24, 2.45) is 0 Å². The molecule has 0 amide bonds. The summed E-state index contributed by atoms with van der Waals surface area (Å²) >= 11 is 0. The summed E-state index contributed by atoms with van der Waals surface area (Å²) in [5, 5.41) is 0. The van der Waals surface area contributed by atoms with E-state index in [0.29, 0.717) is 11.8 Å². The van der Waals surface area contributed by atoms with Gasteiger partial charge in [0.1, 0.15) is 0 Å². The topological polar surface area (TPSA) is 0 Å². The van der Waals surface area contributed by atoms with Gasteiger partial charge in [0.05, 0.1) is 0 Å². The van der Waals surface area contributed by atoms with Crippen LogP contribution in [0.25, 0.3) is 0 Å². The fraction of sp³-hybridized carbons (Fsp3) is 0.176. The zero-order valence-electron chi connectivity index (χ0n) is 9.64. The Hall–Kier alpha value is -1.82. The van der Waals surface area contributed by atoms with Crippen molar-refractivity contribution in [1.29, 1.82) is 0 Å². The fourth-order valence-corrected chi connectivity index (χ4v) is 3.37. The zero-order chi connectivity index (χ0) is 11.2. The van der Waals surface area contributed by atoms with E-state index < -0.39 is 0 Å². The molecule has 0 spiro atoms. The molecule has 3 aliphatic carbocycles. The maximum atomic E-state index is 2.38. The van der Waals surface area contributed by atoms with E-state index >= 15 is 0 Å². The van der Waals surface area contributed by atoms with Gasteiger partial charge in [0.15, 0.2) is 0 Å². The Morgan fingerprint density at radius 2 is 1.24 bits per heavy atom. The summed E-state index contributed by atoms with van der Waals surface area (Å²) in [5.74, 6) is 1.04. The second kappa shape index (κ2) is 3.33. The maximum absolute atomic E-state index is 2.38. The van der Waals surface area contributed by atoms with E-state index in [2.05, 4.69) is 60.7 Å². The lowest BCUT2D eigenvalue weighted by molar-refractivity contribution is 0.782. The molecular weight excluding hydrogens is 204 g/mol. The molecule has 2 bridgehead atoms. The molecule has 5 rings (SSSR count). The molecular formula is C17H14. The molecule has 0 aliphatic heterocycles. The van der Waals surface area contributed by atoms with Crippen molar-refractivity contribution >= 4 is 0 Å². The van der Waals surface area contributed by atoms with Crippen LogP contribution >= 0.6 is 0 Å². The highest BCUT2D eigenvalue weighted by Crippen LogP contribution is 2.47. The number of fused-ring (bicyclic) bond motifs is 1. The Bertz CT molecular complexity index is 559. The molecule has 0 fully saturated rings. The van der Waals surface area contributed by atoms with Crippen LogP contribution in [0.15, 0.2) is 60.7 Å². The van der Waals surface area contributed by atoms with Gasteiger partial charge in [0, 0.05) is 11.8 Å². The van der Waals surface area contributed by atoms with Crippen molar-refractivity contribution in [2.75, 3.05) is 0 Å². The average Bonchev–Trinajstić information content (AvgIpc) is 2.70. The Morgan fingerprint density at radius 1 is 0.706 bits per heavy atom. The van der Waals surface area contributed by atoms with Crippen LogP contribution in [0.2, 0.25) is 0 Å². The standard InChI is InChI=1S/C17H14/c1-2-7-13-12(6-1)16-10-5-11-17(13)15-9-4-3-8-14(15)16/h1-10,16-17H,11H2. The van der Waals surface area contributed by atoms with Crippen LogP contribution in [0.1, 0.15) is 40.5 Å². The quantitative estimate of drug-likeness (QED) is 0.581. The minimum Gasteiger partial charge on any atom is -0.0867 e. The summed E-state index contributed by atoms with van der Waals surface area (Å²) < 4.78 is 0. The van der Waals surface area contributed by atoms with E-state index in [1.807, 2.05) is 0 Å². The summed E-state index contributed by atoms with van der Waals surface area (Å²) in [6.45, 7) is 0. The molecule has 17 heavy (non-hydrogen) atoms. The molecule has 0 saturated heterocycles. The molecule has 0 heteroatoms. The number of benzene rings is 2. The Kier molecular flexibility index (Phi) is 1.81. The highest BCUT2D eigenvalue weighted by Gasteiger charge is 2.31. The van der Waals surface area contributed by atoms with Gasteiger partial charge in [-0.3, -0.25) is 0 Å². The summed E-state index contributed by atoms with van der Waals surface area (Å²) in [7, 11) is 0. The third-order valence-electron chi connectivity index (χ3n) is 4.11. The van der Waals surface area contributed by atoms with Crippen molar-refractivity contribution < 1.29 is 0 Å². The molecule has 2 aromatic carbocycles. The average molecular weight is 218 g/mol. The summed E-state index contributed by atoms with van der Waals surface area (Å²) in [6, 6.07) is 17.8. The summed E-state index contributed by atoms with van der Waals surface area (Å²) in [5.41, 5.74) is 6.07. The second-order valence-corrected chi connectivity index (χ2v) is 4.95. The lowest BCUT2D eigenvalue weighted by Crippen LogP contribution is -2.14. The van der Waals surface area contributed by atoms with E-state index in [4.69, 9.17) is 0 Å². The van der Waals surface area contributed by atoms with Crippen LogP contribution in [0.3, 0.4) is 0 Å². The lowest BCUT2D eigenvalue weighted by atomic mass is 9.74. The van der Waals surface area contributed by atoms with Crippen LogP contribution < -0.4 is 0 Å². The third kappa shape index (κ3) is 1.18. The van der Waals surface area contributed by atoms with Gasteiger partial charge < -0.3 is 0 Å². The zero-order valence-corrected chi connectivity index (χ0v) is 9.64. The molecule has 82 valence electrons.